The Bertz CT molecular complexity index is 418. The van der Waals surface area contributed by atoms with Crippen molar-refractivity contribution in [1.29, 1.82) is 0 Å². The van der Waals surface area contributed by atoms with Crippen LogP contribution in [0.2, 0.25) is 0 Å². The van der Waals surface area contributed by atoms with Crippen molar-refractivity contribution < 1.29 is 4.79 Å². The number of benzene rings is 1. The zero-order valence-electron chi connectivity index (χ0n) is 9.66. The van der Waals surface area contributed by atoms with Gasteiger partial charge in [0, 0.05) is 24.3 Å². The fraction of sp³-hybridized carbons (Fsp3) is 0.308. The predicted molar refractivity (Wildman–Crippen MR) is 73.0 cm³/mol. The van der Waals surface area contributed by atoms with E-state index < -0.39 is 0 Å². The third-order valence-electron chi connectivity index (χ3n) is 2.75. The standard InChI is InChI=1S/C13H16N2O.ClH/c1-2-8-15-13(16)11-5-3-7-12-10(11)6-4-9-14-12;/h2-3,5,7,14H,1,4,6,8-9H2,(H,15,16);1H. The molecular formula is C13H17ClN2O. The highest BCUT2D eigenvalue weighted by molar-refractivity contribution is 5.97. The summed E-state index contributed by atoms with van der Waals surface area (Å²) in [5.41, 5.74) is 3.01. The second-order valence-electron chi connectivity index (χ2n) is 3.86. The molecule has 2 rings (SSSR count). The van der Waals surface area contributed by atoms with Crippen molar-refractivity contribution in [3.8, 4) is 0 Å². The summed E-state index contributed by atoms with van der Waals surface area (Å²) in [5.74, 6) is -0.0135. The molecule has 17 heavy (non-hydrogen) atoms. The Hall–Kier alpha value is -1.48. The molecule has 1 heterocycles. The van der Waals surface area contributed by atoms with Crippen molar-refractivity contribution in [2.24, 2.45) is 0 Å². The third kappa shape index (κ3) is 3.01. The van der Waals surface area contributed by atoms with Crippen molar-refractivity contribution in [3.05, 3.63) is 42.0 Å². The Kier molecular flexibility index (Phi) is 5.04. The predicted octanol–water partition coefficient (Wildman–Crippen LogP) is 2.38. The van der Waals surface area contributed by atoms with E-state index in [1.807, 2.05) is 18.2 Å². The topological polar surface area (TPSA) is 41.1 Å². The van der Waals surface area contributed by atoms with Gasteiger partial charge < -0.3 is 10.6 Å². The van der Waals surface area contributed by atoms with Crippen molar-refractivity contribution >= 4 is 24.0 Å². The molecule has 0 bridgehead atoms. The summed E-state index contributed by atoms with van der Waals surface area (Å²) in [5, 5.41) is 6.13. The summed E-state index contributed by atoms with van der Waals surface area (Å²) in [7, 11) is 0. The highest BCUT2D eigenvalue weighted by Gasteiger charge is 2.16. The van der Waals surface area contributed by atoms with Crippen LogP contribution in [0.5, 0.6) is 0 Å². The number of rotatable bonds is 3. The molecule has 2 N–H and O–H groups in total. The van der Waals surface area contributed by atoms with Gasteiger partial charge in [-0.1, -0.05) is 12.1 Å². The van der Waals surface area contributed by atoms with Crippen LogP contribution in [0.1, 0.15) is 22.3 Å². The Balaban J connectivity index is 0.00000144. The van der Waals surface area contributed by atoms with Crippen LogP contribution in [-0.4, -0.2) is 19.0 Å². The molecule has 0 unspecified atom stereocenters. The molecule has 1 aromatic carbocycles. The number of carbonyl (C=O) groups is 1. The van der Waals surface area contributed by atoms with E-state index in [1.54, 1.807) is 6.08 Å². The van der Waals surface area contributed by atoms with Gasteiger partial charge in [-0.3, -0.25) is 4.79 Å². The van der Waals surface area contributed by atoms with Crippen LogP contribution in [0.3, 0.4) is 0 Å². The molecule has 4 heteroatoms. The molecule has 1 aromatic rings. The summed E-state index contributed by atoms with van der Waals surface area (Å²) in [6.07, 6.45) is 3.74. The maximum atomic E-state index is 11.9. The van der Waals surface area contributed by atoms with Gasteiger partial charge in [0.2, 0.25) is 0 Å². The molecule has 0 spiro atoms. The smallest absolute Gasteiger partial charge is 0.251 e. The van der Waals surface area contributed by atoms with Gasteiger partial charge >= 0.3 is 0 Å². The van der Waals surface area contributed by atoms with Gasteiger partial charge in [0.1, 0.15) is 0 Å². The van der Waals surface area contributed by atoms with Crippen molar-refractivity contribution in [2.45, 2.75) is 12.8 Å². The van der Waals surface area contributed by atoms with Crippen molar-refractivity contribution in [2.75, 3.05) is 18.4 Å². The summed E-state index contributed by atoms with van der Waals surface area (Å²) < 4.78 is 0. The minimum Gasteiger partial charge on any atom is -0.385 e. The number of nitrogens with one attached hydrogen (secondary N) is 2. The fourth-order valence-electron chi connectivity index (χ4n) is 1.98. The Morgan fingerprint density at radius 3 is 3.12 bits per heavy atom. The van der Waals surface area contributed by atoms with E-state index in [0.717, 1.165) is 36.2 Å². The molecule has 0 saturated carbocycles. The van der Waals surface area contributed by atoms with E-state index >= 15 is 0 Å². The van der Waals surface area contributed by atoms with Crippen LogP contribution in [0, 0.1) is 0 Å². The molecule has 3 nitrogen and oxygen atoms in total. The SMILES string of the molecule is C=CCNC(=O)c1cccc2c1CCCN2.Cl. The third-order valence-corrected chi connectivity index (χ3v) is 2.75. The lowest BCUT2D eigenvalue weighted by Gasteiger charge is -2.20. The van der Waals surface area contributed by atoms with Crippen LogP contribution in [0.25, 0.3) is 0 Å². The van der Waals surface area contributed by atoms with Gasteiger partial charge in [0.25, 0.3) is 5.91 Å². The monoisotopic (exact) mass is 252 g/mol. The van der Waals surface area contributed by atoms with Crippen LogP contribution in [-0.2, 0) is 6.42 Å². The van der Waals surface area contributed by atoms with E-state index in [2.05, 4.69) is 17.2 Å². The quantitative estimate of drug-likeness (QED) is 0.811. The number of halogens is 1. The van der Waals surface area contributed by atoms with Gasteiger partial charge in [-0.25, -0.2) is 0 Å². The van der Waals surface area contributed by atoms with Crippen molar-refractivity contribution in [1.82, 2.24) is 5.32 Å². The number of hydrogen-bond acceptors (Lipinski definition) is 2. The summed E-state index contributed by atoms with van der Waals surface area (Å²) in [6.45, 7) is 5.09. The Labute approximate surface area is 108 Å². The normalized spacial score (nSPS) is 12.7. The van der Waals surface area contributed by atoms with Gasteiger partial charge in [-0.05, 0) is 30.5 Å². The largest absolute Gasteiger partial charge is 0.385 e. The minimum absolute atomic E-state index is 0. The van der Waals surface area contributed by atoms with E-state index in [9.17, 15) is 4.79 Å². The second kappa shape index (κ2) is 6.30. The maximum Gasteiger partial charge on any atom is 0.251 e. The Morgan fingerprint density at radius 1 is 1.53 bits per heavy atom. The molecule has 0 radical (unpaired) electrons. The molecule has 1 aliphatic rings. The second-order valence-corrected chi connectivity index (χ2v) is 3.86. The average Bonchev–Trinajstić information content (AvgIpc) is 2.35. The molecule has 0 aromatic heterocycles. The summed E-state index contributed by atoms with van der Waals surface area (Å²) >= 11 is 0. The average molecular weight is 253 g/mol. The van der Waals surface area contributed by atoms with Gasteiger partial charge in [-0.2, -0.15) is 0 Å². The Morgan fingerprint density at radius 2 is 2.35 bits per heavy atom. The fourth-order valence-corrected chi connectivity index (χ4v) is 1.98. The van der Waals surface area contributed by atoms with Crippen LogP contribution in [0.4, 0.5) is 5.69 Å². The number of fused-ring (bicyclic) bond motifs is 1. The summed E-state index contributed by atoms with van der Waals surface area (Å²) in [4.78, 5) is 11.9. The van der Waals surface area contributed by atoms with Crippen LogP contribution >= 0.6 is 12.4 Å². The van der Waals surface area contributed by atoms with E-state index in [0.29, 0.717) is 6.54 Å². The summed E-state index contributed by atoms with van der Waals surface area (Å²) in [6, 6.07) is 5.82. The van der Waals surface area contributed by atoms with Crippen LogP contribution in [0.15, 0.2) is 30.9 Å². The number of carbonyl (C=O) groups excluding carboxylic acids is 1. The molecule has 92 valence electrons. The molecule has 0 saturated heterocycles. The number of amides is 1. The first-order valence-corrected chi connectivity index (χ1v) is 5.58. The number of hydrogen-bond donors (Lipinski definition) is 2. The van der Waals surface area contributed by atoms with Gasteiger partial charge in [0.05, 0.1) is 0 Å². The zero-order valence-corrected chi connectivity index (χ0v) is 10.5. The molecule has 0 atom stereocenters. The zero-order chi connectivity index (χ0) is 11.4. The van der Waals surface area contributed by atoms with E-state index in [1.165, 1.54) is 0 Å². The van der Waals surface area contributed by atoms with Crippen LogP contribution < -0.4 is 10.6 Å². The van der Waals surface area contributed by atoms with Crippen molar-refractivity contribution in [3.63, 3.8) is 0 Å². The first kappa shape index (κ1) is 13.6. The first-order valence-electron chi connectivity index (χ1n) is 5.58. The van der Waals surface area contributed by atoms with Gasteiger partial charge in [-0.15, -0.1) is 19.0 Å². The number of anilines is 1. The van der Waals surface area contributed by atoms with E-state index in [4.69, 9.17) is 0 Å². The van der Waals surface area contributed by atoms with E-state index in [-0.39, 0.29) is 18.3 Å². The minimum atomic E-state index is -0.0135. The molecule has 1 aliphatic heterocycles. The first-order chi connectivity index (χ1) is 7.83. The maximum absolute atomic E-state index is 11.9. The lowest BCUT2D eigenvalue weighted by molar-refractivity contribution is 0.0957. The highest BCUT2D eigenvalue weighted by Crippen LogP contribution is 2.25. The molecule has 0 aliphatic carbocycles. The molecule has 1 amide bonds. The lowest BCUT2D eigenvalue weighted by atomic mass is 9.97. The lowest BCUT2D eigenvalue weighted by Crippen LogP contribution is -2.26. The molecule has 0 fully saturated rings. The molecular weight excluding hydrogens is 236 g/mol. The van der Waals surface area contributed by atoms with Gasteiger partial charge in [0.15, 0.2) is 0 Å². The highest BCUT2D eigenvalue weighted by atomic mass is 35.5.